The number of carboxylic acids is 1. The molecule has 1 aliphatic heterocycles. The van der Waals surface area contributed by atoms with Crippen LogP contribution in [0.1, 0.15) is 29.7 Å². The van der Waals surface area contributed by atoms with Crippen molar-refractivity contribution < 1.29 is 24.2 Å². The molecule has 1 heterocycles. The van der Waals surface area contributed by atoms with E-state index in [1.54, 1.807) is 72.8 Å². The van der Waals surface area contributed by atoms with Crippen LogP contribution in [0.2, 0.25) is 10.0 Å². The molecule has 4 rings (SSSR count). The van der Waals surface area contributed by atoms with Crippen LogP contribution in [-0.2, 0) is 16.2 Å². The van der Waals surface area contributed by atoms with Crippen molar-refractivity contribution in [3.8, 4) is 11.5 Å². The lowest BCUT2D eigenvalue weighted by Gasteiger charge is -2.23. The number of thioether (sulfide) groups is 1. The molecule has 1 atom stereocenters. The third-order valence-electron chi connectivity index (χ3n) is 5.39. The fraction of sp³-hybridized carbons (Fsp3) is 0.148. The van der Waals surface area contributed by atoms with E-state index in [2.05, 4.69) is 0 Å². The summed E-state index contributed by atoms with van der Waals surface area (Å²) < 4.78 is 11.9. The maximum atomic E-state index is 13.2. The number of aliphatic carboxylic acids is 1. The minimum absolute atomic E-state index is 0.178. The molecule has 3 aromatic carbocycles. The first-order valence-corrected chi connectivity index (χ1v) is 13.1. The zero-order valence-corrected chi connectivity index (χ0v) is 22.7. The number of rotatable bonds is 9. The number of amides is 1. The second-order valence-corrected chi connectivity index (χ2v) is 10.4. The van der Waals surface area contributed by atoms with Crippen molar-refractivity contribution in [1.82, 2.24) is 4.90 Å². The summed E-state index contributed by atoms with van der Waals surface area (Å²) >= 11 is 18.7. The Morgan fingerprint density at radius 3 is 2.51 bits per heavy atom. The summed E-state index contributed by atoms with van der Waals surface area (Å²) in [6.45, 7) is 2.47. The van der Waals surface area contributed by atoms with E-state index in [-0.39, 0.29) is 10.9 Å². The summed E-state index contributed by atoms with van der Waals surface area (Å²) in [7, 11) is 0. The van der Waals surface area contributed by atoms with Crippen molar-refractivity contribution in [3.05, 3.63) is 98.4 Å². The van der Waals surface area contributed by atoms with Gasteiger partial charge in [0.05, 0.1) is 11.5 Å². The number of hydrogen-bond acceptors (Lipinski definition) is 6. The lowest BCUT2D eigenvalue weighted by Crippen LogP contribution is -2.37. The number of thiocarbonyl (C=S) groups is 1. The fourth-order valence-electron chi connectivity index (χ4n) is 3.69. The molecule has 1 aliphatic rings. The van der Waals surface area contributed by atoms with Gasteiger partial charge in [0.25, 0.3) is 5.91 Å². The van der Waals surface area contributed by atoms with Gasteiger partial charge in [0.2, 0.25) is 0 Å². The van der Waals surface area contributed by atoms with Gasteiger partial charge in [0.15, 0.2) is 17.5 Å². The van der Waals surface area contributed by atoms with E-state index in [9.17, 15) is 14.7 Å². The normalized spacial score (nSPS) is 15.2. The second-order valence-electron chi connectivity index (χ2n) is 7.87. The predicted octanol–water partition coefficient (Wildman–Crippen LogP) is 7.00. The third kappa shape index (κ3) is 6.27. The standard InChI is InChI=1S/C27H21Cl2NO5S2/c1-2-34-22-12-16(8-11-21(22)35-15-18-9-10-19(28)14-20(18)29)13-23-25(31)30(27(36)37-23)24(26(32)33)17-6-4-3-5-7-17/h3-14,24H,2,15H2,1H3,(H,32,33)/b23-13-. The van der Waals surface area contributed by atoms with E-state index in [1.165, 1.54) is 0 Å². The maximum Gasteiger partial charge on any atom is 0.331 e. The molecule has 1 saturated heterocycles. The predicted molar refractivity (Wildman–Crippen MR) is 150 cm³/mol. The van der Waals surface area contributed by atoms with Crippen LogP contribution >= 0.6 is 47.2 Å². The molecule has 0 bridgehead atoms. The Morgan fingerprint density at radius 1 is 1.08 bits per heavy atom. The van der Waals surface area contributed by atoms with Crippen molar-refractivity contribution >= 4 is 69.5 Å². The van der Waals surface area contributed by atoms with Crippen LogP contribution in [0.5, 0.6) is 11.5 Å². The van der Waals surface area contributed by atoms with Crippen molar-refractivity contribution in [3.63, 3.8) is 0 Å². The summed E-state index contributed by atoms with van der Waals surface area (Å²) in [6.07, 6.45) is 1.66. The van der Waals surface area contributed by atoms with Gasteiger partial charge in [-0.1, -0.05) is 89.6 Å². The number of ether oxygens (including phenoxy) is 2. The van der Waals surface area contributed by atoms with Crippen LogP contribution in [0.15, 0.2) is 71.6 Å². The van der Waals surface area contributed by atoms with Crippen molar-refractivity contribution in [2.75, 3.05) is 6.61 Å². The lowest BCUT2D eigenvalue weighted by atomic mass is 10.1. The smallest absolute Gasteiger partial charge is 0.331 e. The highest BCUT2D eigenvalue weighted by molar-refractivity contribution is 8.26. The number of benzene rings is 3. The van der Waals surface area contributed by atoms with Gasteiger partial charge in [-0.25, -0.2) is 4.79 Å². The highest BCUT2D eigenvalue weighted by atomic mass is 35.5. The molecule has 0 spiro atoms. The Hall–Kier alpha value is -3.04. The molecular formula is C27H21Cl2NO5S2. The molecule has 37 heavy (non-hydrogen) atoms. The van der Waals surface area contributed by atoms with Crippen LogP contribution in [0, 0.1) is 0 Å². The first-order chi connectivity index (χ1) is 17.8. The fourth-order valence-corrected chi connectivity index (χ4v) is 5.46. The molecule has 3 aromatic rings. The molecule has 1 unspecified atom stereocenters. The minimum atomic E-state index is -1.21. The van der Waals surface area contributed by atoms with Crippen LogP contribution in [-0.4, -0.2) is 32.8 Å². The Balaban J connectivity index is 1.57. The van der Waals surface area contributed by atoms with Crippen LogP contribution in [0.3, 0.4) is 0 Å². The molecule has 1 fully saturated rings. The minimum Gasteiger partial charge on any atom is -0.490 e. The average molecular weight is 575 g/mol. The summed E-state index contributed by atoms with van der Waals surface area (Å²) in [5.74, 6) is -0.635. The summed E-state index contributed by atoms with van der Waals surface area (Å²) in [5, 5.41) is 10.9. The largest absolute Gasteiger partial charge is 0.490 e. The summed E-state index contributed by atoms with van der Waals surface area (Å²) in [5.41, 5.74) is 1.91. The van der Waals surface area contributed by atoms with Gasteiger partial charge >= 0.3 is 5.97 Å². The zero-order valence-electron chi connectivity index (χ0n) is 19.5. The van der Waals surface area contributed by atoms with E-state index in [4.69, 9.17) is 44.9 Å². The summed E-state index contributed by atoms with van der Waals surface area (Å²) in [4.78, 5) is 26.8. The molecular weight excluding hydrogens is 553 g/mol. The Labute approximate surface area is 233 Å². The van der Waals surface area contributed by atoms with Gasteiger partial charge in [0, 0.05) is 15.6 Å². The Kier molecular flexibility index (Phi) is 8.76. The quantitative estimate of drug-likeness (QED) is 0.218. The SMILES string of the molecule is CCOc1cc(/C=C2\SC(=S)N(C(C(=O)O)c3ccccc3)C2=O)ccc1OCc1ccc(Cl)cc1Cl. The van der Waals surface area contributed by atoms with E-state index >= 15 is 0 Å². The monoisotopic (exact) mass is 573 g/mol. The number of nitrogens with zero attached hydrogens (tertiary/aromatic N) is 1. The van der Waals surface area contributed by atoms with E-state index in [0.717, 1.165) is 22.2 Å². The van der Waals surface area contributed by atoms with Gasteiger partial charge < -0.3 is 14.6 Å². The molecule has 0 saturated carbocycles. The highest BCUT2D eigenvalue weighted by Gasteiger charge is 2.41. The second kappa shape index (κ2) is 12.0. The lowest BCUT2D eigenvalue weighted by molar-refractivity contribution is -0.145. The third-order valence-corrected chi connectivity index (χ3v) is 7.31. The molecule has 0 aromatic heterocycles. The van der Waals surface area contributed by atoms with Crippen LogP contribution < -0.4 is 9.47 Å². The van der Waals surface area contributed by atoms with Crippen molar-refractivity contribution in [2.45, 2.75) is 19.6 Å². The zero-order chi connectivity index (χ0) is 26.5. The number of carbonyl (C=O) groups excluding carboxylic acids is 1. The van der Waals surface area contributed by atoms with Crippen molar-refractivity contribution in [1.29, 1.82) is 0 Å². The molecule has 0 radical (unpaired) electrons. The molecule has 190 valence electrons. The Bertz CT molecular complexity index is 1380. The first-order valence-electron chi connectivity index (χ1n) is 11.2. The van der Waals surface area contributed by atoms with Crippen LogP contribution in [0.4, 0.5) is 0 Å². The summed E-state index contributed by atoms with van der Waals surface area (Å²) in [6, 6.07) is 17.8. The molecule has 0 aliphatic carbocycles. The van der Waals surface area contributed by atoms with E-state index < -0.39 is 17.9 Å². The number of halogens is 2. The average Bonchev–Trinajstić information content (AvgIpc) is 3.13. The molecule has 1 amide bonds. The Morgan fingerprint density at radius 2 is 1.84 bits per heavy atom. The molecule has 6 nitrogen and oxygen atoms in total. The molecule has 10 heteroatoms. The van der Waals surface area contributed by atoms with Gasteiger partial charge in [-0.15, -0.1) is 0 Å². The van der Waals surface area contributed by atoms with Gasteiger partial charge in [-0.3, -0.25) is 9.69 Å². The topological polar surface area (TPSA) is 76.1 Å². The maximum absolute atomic E-state index is 13.2. The number of hydrogen-bond donors (Lipinski definition) is 1. The number of carboxylic acid groups (broad SMARTS) is 1. The van der Waals surface area contributed by atoms with E-state index in [1.807, 2.05) is 6.92 Å². The number of carbonyl (C=O) groups is 2. The van der Waals surface area contributed by atoms with Crippen molar-refractivity contribution in [2.24, 2.45) is 0 Å². The van der Waals surface area contributed by atoms with Gasteiger partial charge in [-0.05, 0) is 48.4 Å². The van der Waals surface area contributed by atoms with E-state index in [0.29, 0.717) is 44.2 Å². The van der Waals surface area contributed by atoms with Gasteiger partial charge in [-0.2, -0.15) is 0 Å². The van der Waals surface area contributed by atoms with Gasteiger partial charge in [0.1, 0.15) is 10.9 Å². The van der Waals surface area contributed by atoms with Crippen LogP contribution in [0.25, 0.3) is 6.08 Å². The first kappa shape index (κ1) is 27.0. The molecule has 1 N–H and O–H groups in total. The highest BCUT2D eigenvalue weighted by Crippen LogP contribution is 2.39.